The fourth-order valence-corrected chi connectivity index (χ4v) is 3.47. The summed E-state index contributed by atoms with van der Waals surface area (Å²) in [5.41, 5.74) is 7.88. The molecule has 3 aromatic rings. The van der Waals surface area contributed by atoms with E-state index in [-0.39, 0.29) is 32.2 Å². The molecule has 0 spiro atoms. The summed E-state index contributed by atoms with van der Waals surface area (Å²) in [6.07, 6.45) is 19.4. The third-order valence-electron chi connectivity index (χ3n) is 5.29. The van der Waals surface area contributed by atoms with Crippen molar-refractivity contribution >= 4 is 48.1 Å². The molecular formula is C33H36Cl2GeZr-4. The van der Waals surface area contributed by atoms with Crippen LogP contribution in [-0.4, -0.2) is 12.1 Å². The number of benzene rings is 3. The quantitative estimate of drug-likeness (QED) is 0.192. The zero-order valence-electron chi connectivity index (χ0n) is 22.0. The molecule has 0 nitrogen and oxygen atoms in total. The smallest absolute Gasteiger partial charge is 0.171 e. The van der Waals surface area contributed by atoms with Gasteiger partial charge in [0.2, 0.25) is 0 Å². The Morgan fingerprint density at radius 3 is 1.38 bits per heavy atom. The van der Waals surface area contributed by atoms with E-state index in [4.69, 9.17) is 0 Å². The first-order valence-corrected chi connectivity index (χ1v) is 19.1. The molecular weight excluding hydrogens is 631 g/mol. The molecule has 4 heteroatoms. The molecule has 0 bridgehead atoms. The average Bonchev–Trinajstić information content (AvgIpc) is 3.67. The fraction of sp³-hybridized carbons (Fsp3) is 0.182. The third kappa shape index (κ3) is 14.4. The standard InChI is InChI=1S/2C13H13.C6H5.CH3.2ClH.Ge.Zr/c2*1-2-11-6-5-9-13(10-11)12-7-3-4-8-12;1-2-4-6-5-3-1;;;;;/h2*3,5-7,9-10H,2,4H2,1H3;1-5H;1H3;2*1H;;/q4*-1;;;;. The van der Waals surface area contributed by atoms with E-state index in [0.29, 0.717) is 0 Å². The van der Waals surface area contributed by atoms with Gasteiger partial charge in [-0.15, -0.1) is 72.4 Å². The number of halogens is 2. The van der Waals surface area contributed by atoms with Gasteiger partial charge in [-0.1, -0.05) is 62.1 Å². The van der Waals surface area contributed by atoms with Gasteiger partial charge in [-0.05, 0) is 12.8 Å². The zero-order chi connectivity index (χ0) is 24.4. The van der Waals surface area contributed by atoms with Crippen LogP contribution in [-0.2, 0) is 34.4 Å². The Bertz CT molecular complexity index is 1020. The van der Waals surface area contributed by atoms with Gasteiger partial charge in [-0.2, -0.15) is 71.8 Å². The SMILES string of the molecule is CCc1cccc(C2=[C-]CC=C2)c1.CCc1cccc(C2=[C-]CC=C2)c1.Cl.Cl.[CH3-].[Ge]=[Zr].[c-]1ccccc1. The summed E-state index contributed by atoms with van der Waals surface area (Å²) < 4.78 is 0. The van der Waals surface area contributed by atoms with Gasteiger partial charge in [-0.3, -0.25) is 0 Å². The van der Waals surface area contributed by atoms with E-state index in [1.807, 2.05) is 30.3 Å². The first kappa shape index (κ1) is 37.8. The average molecular weight is 667 g/mol. The number of rotatable bonds is 4. The van der Waals surface area contributed by atoms with Crippen LogP contribution in [0.1, 0.15) is 48.9 Å². The summed E-state index contributed by atoms with van der Waals surface area (Å²) in [7, 11) is 0. The van der Waals surface area contributed by atoms with E-state index in [1.54, 1.807) is 21.6 Å². The van der Waals surface area contributed by atoms with Crippen LogP contribution in [0, 0.1) is 25.6 Å². The monoisotopic (exact) mass is 666 g/mol. The summed E-state index contributed by atoms with van der Waals surface area (Å²) >= 11 is 3.64. The van der Waals surface area contributed by atoms with E-state index >= 15 is 0 Å². The normalized spacial score (nSPS) is 11.7. The predicted molar refractivity (Wildman–Crippen MR) is 164 cm³/mol. The molecule has 2 aliphatic carbocycles. The molecule has 0 saturated heterocycles. The van der Waals surface area contributed by atoms with Crippen LogP contribution in [0.3, 0.4) is 0 Å². The molecule has 0 aliphatic heterocycles. The minimum absolute atomic E-state index is 0. The Labute approximate surface area is 258 Å². The Morgan fingerprint density at radius 2 is 1.11 bits per heavy atom. The summed E-state index contributed by atoms with van der Waals surface area (Å²) in [4.78, 5) is 0. The minimum Gasteiger partial charge on any atom is -0.184 e. The zero-order valence-corrected chi connectivity index (χ0v) is 28.1. The molecule has 0 N–H and O–H groups in total. The second-order valence-corrected chi connectivity index (χ2v) is 7.58. The molecule has 3 aromatic carbocycles. The van der Waals surface area contributed by atoms with Crippen LogP contribution in [0.5, 0.6) is 0 Å². The summed E-state index contributed by atoms with van der Waals surface area (Å²) in [6.45, 7) is 4.36. The maximum absolute atomic E-state index is 3.33. The molecule has 37 heavy (non-hydrogen) atoms. The molecule has 0 unspecified atom stereocenters. The first-order valence-electron chi connectivity index (χ1n) is 11.7. The van der Waals surface area contributed by atoms with Crippen molar-refractivity contribution in [1.29, 1.82) is 0 Å². The van der Waals surface area contributed by atoms with Gasteiger partial charge in [0.15, 0.2) is 0 Å². The van der Waals surface area contributed by atoms with Crippen molar-refractivity contribution in [2.24, 2.45) is 0 Å². The molecule has 5 rings (SSSR count). The van der Waals surface area contributed by atoms with Crippen molar-refractivity contribution < 1.29 is 21.6 Å². The molecule has 0 atom stereocenters. The maximum Gasteiger partial charge on any atom is -0.171 e. The second-order valence-electron chi connectivity index (χ2n) is 7.58. The topological polar surface area (TPSA) is 0 Å². The molecule has 2 aliphatic rings. The molecule has 2 radical (unpaired) electrons. The maximum atomic E-state index is 3.33. The van der Waals surface area contributed by atoms with E-state index in [1.165, 1.54) is 33.4 Å². The van der Waals surface area contributed by atoms with Crippen molar-refractivity contribution in [3.63, 3.8) is 0 Å². The van der Waals surface area contributed by atoms with Crippen LogP contribution in [0.4, 0.5) is 0 Å². The molecule has 0 fully saturated rings. The van der Waals surface area contributed by atoms with E-state index in [9.17, 15) is 0 Å². The van der Waals surface area contributed by atoms with Crippen molar-refractivity contribution in [2.45, 2.75) is 39.5 Å². The van der Waals surface area contributed by atoms with E-state index < -0.39 is 0 Å². The number of allylic oxidation sites excluding steroid dienone is 8. The van der Waals surface area contributed by atoms with Gasteiger partial charge in [0.25, 0.3) is 0 Å². The van der Waals surface area contributed by atoms with E-state index in [2.05, 4.69) is 117 Å². The van der Waals surface area contributed by atoms with Crippen molar-refractivity contribution in [3.05, 3.63) is 151 Å². The Hall–Kier alpha value is -1.37. The predicted octanol–water partition coefficient (Wildman–Crippen LogP) is 9.19. The van der Waals surface area contributed by atoms with Crippen molar-refractivity contribution in [3.8, 4) is 0 Å². The van der Waals surface area contributed by atoms with Crippen molar-refractivity contribution in [2.75, 3.05) is 0 Å². The number of hydrogen-bond donors (Lipinski definition) is 0. The van der Waals surface area contributed by atoms with Gasteiger partial charge in [-0.25, -0.2) is 0 Å². The molecule has 0 amide bonds. The number of hydrogen-bond acceptors (Lipinski definition) is 0. The summed E-state index contributed by atoms with van der Waals surface area (Å²) in [5, 5.41) is 0. The molecule has 194 valence electrons. The van der Waals surface area contributed by atoms with Gasteiger partial charge >= 0.3 is 33.7 Å². The van der Waals surface area contributed by atoms with Crippen LogP contribution in [0.25, 0.3) is 11.1 Å². The van der Waals surface area contributed by atoms with Crippen LogP contribution >= 0.6 is 24.8 Å². The van der Waals surface area contributed by atoms with Crippen molar-refractivity contribution in [1.82, 2.24) is 0 Å². The molecule has 0 saturated carbocycles. The Balaban J connectivity index is 0. The third-order valence-corrected chi connectivity index (χ3v) is 5.29. The van der Waals surface area contributed by atoms with Gasteiger partial charge in [0.05, 0.1) is 0 Å². The fourth-order valence-electron chi connectivity index (χ4n) is 3.47. The second kappa shape index (κ2) is 23.7. The van der Waals surface area contributed by atoms with Gasteiger partial charge in [0.1, 0.15) is 0 Å². The van der Waals surface area contributed by atoms with E-state index in [0.717, 1.165) is 25.7 Å². The Kier molecular flexibility index (Phi) is 24.2. The van der Waals surface area contributed by atoms with Crippen LogP contribution < -0.4 is 0 Å². The summed E-state index contributed by atoms with van der Waals surface area (Å²) in [5.74, 6) is 0. The molecule has 0 aromatic heterocycles. The summed E-state index contributed by atoms with van der Waals surface area (Å²) in [6, 6.07) is 29.9. The largest absolute Gasteiger partial charge is 0.184 e. The van der Waals surface area contributed by atoms with Crippen LogP contribution in [0.15, 0.2) is 103 Å². The van der Waals surface area contributed by atoms with Crippen LogP contribution in [0.2, 0.25) is 0 Å². The first-order chi connectivity index (χ1) is 16.8. The Morgan fingerprint density at radius 1 is 0.676 bits per heavy atom. The molecule has 0 heterocycles. The van der Waals surface area contributed by atoms with Gasteiger partial charge < -0.3 is 7.43 Å². The minimum atomic E-state index is 0. The van der Waals surface area contributed by atoms with Gasteiger partial charge in [0, 0.05) is 0 Å². The number of aryl methyl sites for hydroxylation is 2.